The van der Waals surface area contributed by atoms with E-state index >= 15 is 0 Å². The Kier molecular flexibility index (Phi) is 4.32. The second-order valence-electron chi connectivity index (χ2n) is 6.62. The molecule has 0 saturated heterocycles. The molecule has 23 heavy (non-hydrogen) atoms. The fourth-order valence-electron chi connectivity index (χ4n) is 2.26. The van der Waals surface area contributed by atoms with Crippen LogP contribution < -0.4 is 5.32 Å². The molecule has 2 rings (SSSR count). The maximum absolute atomic E-state index is 12.0. The molecule has 1 unspecified atom stereocenters. The molecule has 0 fully saturated rings. The van der Waals surface area contributed by atoms with Crippen LogP contribution in [0.15, 0.2) is 42.5 Å². The number of benzene rings is 2. The topological polar surface area (TPSA) is 75.6 Å². The minimum absolute atomic E-state index is 0.481. The average molecular weight is 315 g/mol. The van der Waals surface area contributed by atoms with Crippen molar-refractivity contribution in [3.63, 3.8) is 0 Å². The lowest BCUT2D eigenvalue weighted by molar-refractivity contribution is -0.144. The highest BCUT2D eigenvalue weighted by Crippen LogP contribution is 2.26. The van der Waals surface area contributed by atoms with Crippen LogP contribution in [0.5, 0.6) is 0 Å². The van der Waals surface area contributed by atoms with Gasteiger partial charge in [0.05, 0.1) is 0 Å². The average Bonchev–Trinajstić information content (AvgIpc) is 2.44. The molecule has 2 aromatic rings. The number of carboxylic acids is 1. The van der Waals surface area contributed by atoms with E-state index in [-0.39, 0.29) is 0 Å². The first-order valence-electron chi connectivity index (χ1n) is 7.36. The summed E-state index contributed by atoms with van der Waals surface area (Å²) in [6.07, 6.45) is -0.768. The van der Waals surface area contributed by atoms with E-state index in [4.69, 9.17) is 4.74 Å². The Bertz CT molecular complexity index is 748. The normalized spacial score (nSPS) is 14.1. The molecule has 122 valence electrons. The molecule has 0 aliphatic heterocycles. The van der Waals surface area contributed by atoms with E-state index in [1.54, 1.807) is 32.9 Å². The van der Waals surface area contributed by atoms with Gasteiger partial charge >= 0.3 is 12.1 Å². The molecule has 5 heteroatoms. The van der Waals surface area contributed by atoms with E-state index in [2.05, 4.69) is 5.32 Å². The minimum atomic E-state index is -1.58. The summed E-state index contributed by atoms with van der Waals surface area (Å²) in [4.78, 5) is 23.8. The number of fused-ring (bicyclic) bond motifs is 1. The summed E-state index contributed by atoms with van der Waals surface area (Å²) >= 11 is 0. The van der Waals surface area contributed by atoms with Crippen LogP contribution in [0, 0.1) is 0 Å². The van der Waals surface area contributed by atoms with Gasteiger partial charge in [0.25, 0.3) is 0 Å². The number of carboxylic acid groups (broad SMARTS) is 1. The zero-order chi connectivity index (χ0) is 17.3. The standard InChI is InChI=1S/C18H21NO4/c1-17(2,3)23-16(22)19-18(4,15(20)21)14-10-9-12-7-5-6-8-13(12)11-14/h5-11H,1-4H3,(H,19,22)(H,20,21). The van der Waals surface area contributed by atoms with Crippen LogP contribution in [-0.2, 0) is 15.1 Å². The predicted molar refractivity (Wildman–Crippen MR) is 88.3 cm³/mol. The number of carbonyl (C=O) groups excluding carboxylic acids is 1. The van der Waals surface area contributed by atoms with Gasteiger partial charge in [0, 0.05) is 0 Å². The maximum atomic E-state index is 12.0. The number of nitrogens with one attached hydrogen (secondary N) is 1. The van der Waals surface area contributed by atoms with E-state index in [0.717, 1.165) is 10.8 Å². The lowest BCUT2D eigenvalue weighted by Gasteiger charge is -2.29. The minimum Gasteiger partial charge on any atom is -0.479 e. The van der Waals surface area contributed by atoms with Gasteiger partial charge in [0.15, 0.2) is 5.54 Å². The van der Waals surface area contributed by atoms with Crippen LogP contribution in [0.25, 0.3) is 10.8 Å². The monoisotopic (exact) mass is 315 g/mol. The van der Waals surface area contributed by atoms with Crippen molar-refractivity contribution in [2.24, 2.45) is 0 Å². The number of ether oxygens (including phenoxy) is 1. The summed E-state index contributed by atoms with van der Waals surface area (Å²) in [5.74, 6) is -1.15. The van der Waals surface area contributed by atoms with Crippen molar-refractivity contribution < 1.29 is 19.4 Å². The molecular weight excluding hydrogens is 294 g/mol. The Hall–Kier alpha value is -2.56. The van der Waals surface area contributed by atoms with Crippen LogP contribution in [-0.4, -0.2) is 22.8 Å². The van der Waals surface area contributed by atoms with Crippen LogP contribution >= 0.6 is 0 Å². The second kappa shape index (κ2) is 5.91. The van der Waals surface area contributed by atoms with Gasteiger partial charge < -0.3 is 15.2 Å². The van der Waals surface area contributed by atoms with E-state index in [9.17, 15) is 14.7 Å². The van der Waals surface area contributed by atoms with Gasteiger partial charge in [-0.25, -0.2) is 9.59 Å². The van der Waals surface area contributed by atoms with Crippen molar-refractivity contribution in [2.75, 3.05) is 0 Å². The summed E-state index contributed by atoms with van der Waals surface area (Å²) in [6.45, 7) is 6.62. The molecule has 0 heterocycles. The van der Waals surface area contributed by atoms with Crippen molar-refractivity contribution in [1.29, 1.82) is 0 Å². The number of alkyl carbamates (subject to hydrolysis) is 1. The molecule has 2 N–H and O–H groups in total. The highest BCUT2D eigenvalue weighted by Gasteiger charge is 2.38. The molecule has 2 aromatic carbocycles. The number of aliphatic carboxylic acids is 1. The van der Waals surface area contributed by atoms with Crippen molar-refractivity contribution in [3.8, 4) is 0 Å². The number of carbonyl (C=O) groups is 2. The zero-order valence-corrected chi connectivity index (χ0v) is 13.7. The molecule has 1 atom stereocenters. The highest BCUT2D eigenvalue weighted by molar-refractivity contribution is 5.89. The summed E-state index contributed by atoms with van der Waals surface area (Å²) in [5, 5.41) is 14.0. The molecule has 0 aliphatic carbocycles. The van der Waals surface area contributed by atoms with E-state index in [1.165, 1.54) is 6.92 Å². The first-order valence-corrected chi connectivity index (χ1v) is 7.36. The van der Waals surface area contributed by atoms with Gasteiger partial charge in [-0.15, -0.1) is 0 Å². The number of hydrogen-bond donors (Lipinski definition) is 2. The summed E-state index contributed by atoms with van der Waals surface area (Å²) in [6, 6.07) is 12.9. The van der Waals surface area contributed by atoms with Gasteiger partial charge in [0.2, 0.25) is 0 Å². The molecule has 0 bridgehead atoms. The van der Waals surface area contributed by atoms with Gasteiger partial charge in [-0.3, -0.25) is 0 Å². The third-order valence-corrected chi connectivity index (χ3v) is 3.51. The Morgan fingerprint density at radius 1 is 1.00 bits per heavy atom. The quantitative estimate of drug-likeness (QED) is 0.906. The van der Waals surface area contributed by atoms with Gasteiger partial charge in [-0.2, -0.15) is 0 Å². The highest BCUT2D eigenvalue weighted by atomic mass is 16.6. The summed E-state index contributed by atoms with van der Waals surface area (Å²) in [7, 11) is 0. The van der Waals surface area contributed by atoms with Gasteiger partial charge in [0.1, 0.15) is 5.60 Å². The fourth-order valence-corrected chi connectivity index (χ4v) is 2.26. The first kappa shape index (κ1) is 16.8. The molecular formula is C18H21NO4. The smallest absolute Gasteiger partial charge is 0.408 e. The van der Waals surface area contributed by atoms with Crippen molar-refractivity contribution in [2.45, 2.75) is 38.8 Å². The molecule has 0 spiro atoms. The molecule has 0 aromatic heterocycles. The number of amides is 1. The molecule has 0 saturated carbocycles. The Morgan fingerprint density at radius 2 is 1.61 bits per heavy atom. The van der Waals surface area contributed by atoms with Crippen molar-refractivity contribution in [3.05, 3.63) is 48.0 Å². The molecule has 0 aliphatic rings. The Morgan fingerprint density at radius 3 is 2.17 bits per heavy atom. The van der Waals surface area contributed by atoms with Gasteiger partial charge in [-0.1, -0.05) is 36.4 Å². The largest absolute Gasteiger partial charge is 0.479 e. The maximum Gasteiger partial charge on any atom is 0.408 e. The Labute approximate surface area is 135 Å². The summed E-state index contributed by atoms with van der Waals surface area (Å²) < 4.78 is 5.18. The zero-order valence-electron chi connectivity index (χ0n) is 13.7. The number of hydrogen-bond acceptors (Lipinski definition) is 3. The van der Waals surface area contributed by atoms with Crippen LogP contribution in [0.3, 0.4) is 0 Å². The van der Waals surface area contributed by atoms with Crippen LogP contribution in [0.4, 0.5) is 4.79 Å². The van der Waals surface area contributed by atoms with Gasteiger partial charge in [-0.05, 0) is 50.1 Å². The van der Waals surface area contributed by atoms with E-state index < -0.39 is 23.2 Å². The van der Waals surface area contributed by atoms with Crippen molar-refractivity contribution in [1.82, 2.24) is 5.32 Å². The Balaban J connectivity index is 2.38. The van der Waals surface area contributed by atoms with E-state index in [1.807, 2.05) is 30.3 Å². The predicted octanol–water partition coefficient (Wildman–Crippen LogP) is 3.66. The third-order valence-electron chi connectivity index (χ3n) is 3.51. The van der Waals surface area contributed by atoms with Crippen molar-refractivity contribution >= 4 is 22.8 Å². The third kappa shape index (κ3) is 3.80. The van der Waals surface area contributed by atoms with E-state index in [0.29, 0.717) is 5.56 Å². The first-order chi connectivity index (χ1) is 10.6. The molecule has 1 amide bonds. The van der Waals surface area contributed by atoms with Crippen LogP contribution in [0.2, 0.25) is 0 Å². The van der Waals surface area contributed by atoms with Crippen LogP contribution in [0.1, 0.15) is 33.3 Å². The summed E-state index contributed by atoms with van der Waals surface area (Å²) in [5.41, 5.74) is -1.80. The SMILES string of the molecule is CC(C)(C)OC(=O)NC(C)(C(=O)O)c1ccc2ccccc2c1. The molecule has 5 nitrogen and oxygen atoms in total. The fraction of sp³-hybridized carbons (Fsp3) is 0.333. The second-order valence-corrected chi connectivity index (χ2v) is 6.62. The molecule has 0 radical (unpaired) electrons. The number of rotatable bonds is 3. The lowest BCUT2D eigenvalue weighted by atomic mass is 9.90. The lowest BCUT2D eigenvalue weighted by Crippen LogP contribution is -2.51.